The van der Waals surface area contributed by atoms with Gasteiger partial charge in [-0.1, -0.05) is 25.1 Å². The molecule has 1 aromatic heterocycles. The normalized spacial score (nSPS) is 10.6. The smallest absolute Gasteiger partial charge is 0.230 e. The Bertz CT molecular complexity index is 892. The van der Waals surface area contributed by atoms with E-state index in [1.54, 1.807) is 18.9 Å². The molecule has 0 aliphatic heterocycles. The van der Waals surface area contributed by atoms with Crippen LogP contribution in [0.3, 0.4) is 0 Å². The summed E-state index contributed by atoms with van der Waals surface area (Å²) in [7, 11) is 1.66. The third kappa shape index (κ3) is 5.16. The quantitative estimate of drug-likeness (QED) is 0.587. The van der Waals surface area contributed by atoms with Crippen LogP contribution < -0.4 is 10.1 Å². The molecule has 146 valence electrons. The number of carbonyl (C=O) groups excluding carboxylic acids is 1. The van der Waals surface area contributed by atoms with Crippen molar-refractivity contribution < 1.29 is 9.53 Å². The van der Waals surface area contributed by atoms with Crippen LogP contribution in [-0.2, 0) is 10.5 Å². The van der Waals surface area contributed by atoms with Crippen molar-refractivity contribution in [3.63, 3.8) is 0 Å². The van der Waals surface area contributed by atoms with Crippen LogP contribution in [-0.4, -0.2) is 35.1 Å². The van der Waals surface area contributed by atoms with Crippen LogP contribution in [0.1, 0.15) is 18.9 Å². The largest absolute Gasteiger partial charge is 0.497 e. The Hall–Kier alpha value is -2.73. The van der Waals surface area contributed by atoms with E-state index in [9.17, 15) is 4.79 Å². The first-order chi connectivity index (χ1) is 13.7. The highest BCUT2D eigenvalue weighted by atomic mass is 32.2. The SMILES string of the molecule is CCCNC(=O)CSCc1cn(-c2ccccc2)nc1-c1ccc(OC)cc1. The Morgan fingerprint density at radius 2 is 1.89 bits per heavy atom. The van der Waals surface area contributed by atoms with Crippen LogP contribution >= 0.6 is 11.8 Å². The van der Waals surface area contributed by atoms with Crippen molar-refractivity contribution in [2.45, 2.75) is 19.1 Å². The highest BCUT2D eigenvalue weighted by molar-refractivity contribution is 7.99. The number of hydrogen-bond donors (Lipinski definition) is 1. The Labute approximate surface area is 170 Å². The molecule has 0 unspecified atom stereocenters. The fourth-order valence-electron chi connectivity index (χ4n) is 2.79. The fourth-order valence-corrected chi connectivity index (χ4v) is 3.61. The summed E-state index contributed by atoms with van der Waals surface area (Å²) in [5, 5.41) is 7.73. The second-order valence-electron chi connectivity index (χ2n) is 6.35. The van der Waals surface area contributed by atoms with Gasteiger partial charge < -0.3 is 10.1 Å². The van der Waals surface area contributed by atoms with Gasteiger partial charge in [-0.25, -0.2) is 4.68 Å². The lowest BCUT2D eigenvalue weighted by molar-refractivity contribution is -0.118. The van der Waals surface area contributed by atoms with E-state index in [1.807, 2.05) is 72.4 Å². The topological polar surface area (TPSA) is 56.2 Å². The lowest BCUT2D eigenvalue weighted by Crippen LogP contribution is -2.25. The van der Waals surface area contributed by atoms with E-state index in [2.05, 4.69) is 5.32 Å². The van der Waals surface area contributed by atoms with E-state index >= 15 is 0 Å². The summed E-state index contributed by atoms with van der Waals surface area (Å²) in [4.78, 5) is 11.9. The number of benzene rings is 2. The highest BCUT2D eigenvalue weighted by Crippen LogP contribution is 2.28. The average Bonchev–Trinajstić information content (AvgIpc) is 3.17. The molecule has 0 saturated carbocycles. The summed E-state index contributed by atoms with van der Waals surface area (Å²) in [6, 6.07) is 17.9. The monoisotopic (exact) mass is 395 g/mol. The molecule has 0 saturated heterocycles. The standard InChI is InChI=1S/C22H25N3O2S/c1-3-13-23-21(26)16-28-15-18-14-25(19-7-5-4-6-8-19)24-22(18)17-9-11-20(27-2)12-10-17/h4-12,14H,3,13,15-16H2,1-2H3,(H,23,26). The number of methoxy groups -OCH3 is 1. The molecule has 1 heterocycles. The van der Waals surface area contributed by atoms with Gasteiger partial charge in [-0.15, -0.1) is 11.8 Å². The van der Waals surface area contributed by atoms with Gasteiger partial charge in [0, 0.05) is 29.6 Å². The number of para-hydroxylation sites is 1. The minimum absolute atomic E-state index is 0.0771. The number of rotatable bonds is 9. The Kier molecular flexibility index (Phi) is 7.14. The molecule has 0 atom stereocenters. The summed E-state index contributed by atoms with van der Waals surface area (Å²) in [5.74, 6) is 2.05. The van der Waals surface area contributed by atoms with E-state index in [1.165, 1.54) is 0 Å². The second kappa shape index (κ2) is 9.99. The minimum Gasteiger partial charge on any atom is -0.497 e. The van der Waals surface area contributed by atoms with Gasteiger partial charge in [0.2, 0.25) is 5.91 Å². The molecule has 2 aromatic carbocycles. The molecule has 1 N–H and O–H groups in total. The van der Waals surface area contributed by atoms with Crippen molar-refractivity contribution in [3.05, 3.63) is 66.4 Å². The van der Waals surface area contributed by atoms with E-state index in [-0.39, 0.29) is 5.91 Å². The summed E-state index contributed by atoms with van der Waals surface area (Å²) in [5.41, 5.74) is 4.06. The maximum atomic E-state index is 11.9. The van der Waals surface area contributed by atoms with Crippen LogP contribution in [0.2, 0.25) is 0 Å². The van der Waals surface area contributed by atoms with Crippen LogP contribution in [0.5, 0.6) is 5.75 Å². The molecule has 28 heavy (non-hydrogen) atoms. The van der Waals surface area contributed by atoms with Gasteiger partial charge in [-0.2, -0.15) is 5.10 Å². The summed E-state index contributed by atoms with van der Waals surface area (Å²) in [6.45, 7) is 2.77. The number of aromatic nitrogens is 2. The van der Waals surface area contributed by atoms with Gasteiger partial charge in [0.15, 0.2) is 0 Å². The lowest BCUT2D eigenvalue weighted by Gasteiger charge is -2.05. The number of amides is 1. The van der Waals surface area contributed by atoms with Gasteiger partial charge in [-0.3, -0.25) is 4.79 Å². The number of nitrogens with zero attached hydrogens (tertiary/aromatic N) is 2. The molecule has 3 aromatic rings. The number of carbonyl (C=O) groups is 1. The van der Waals surface area contributed by atoms with Crippen molar-refractivity contribution >= 4 is 17.7 Å². The van der Waals surface area contributed by atoms with Crippen LogP contribution in [0.25, 0.3) is 16.9 Å². The molecule has 0 aliphatic carbocycles. The molecular formula is C22H25N3O2S. The Morgan fingerprint density at radius 1 is 1.14 bits per heavy atom. The molecular weight excluding hydrogens is 370 g/mol. The van der Waals surface area contributed by atoms with Gasteiger partial charge in [0.05, 0.1) is 24.2 Å². The maximum Gasteiger partial charge on any atom is 0.230 e. The molecule has 6 heteroatoms. The molecule has 5 nitrogen and oxygen atoms in total. The van der Waals surface area contributed by atoms with E-state index in [4.69, 9.17) is 9.84 Å². The van der Waals surface area contributed by atoms with Crippen molar-refractivity contribution in [2.75, 3.05) is 19.4 Å². The molecule has 1 amide bonds. The van der Waals surface area contributed by atoms with Crippen molar-refractivity contribution in [2.24, 2.45) is 0 Å². The van der Waals surface area contributed by atoms with Crippen LogP contribution in [0, 0.1) is 0 Å². The van der Waals surface area contributed by atoms with Gasteiger partial charge >= 0.3 is 0 Å². The molecule has 3 rings (SSSR count). The van der Waals surface area contributed by atoms with Gasteiger partial charge in [-0.05, 0) is 42.8 Å². The molecule has 0 radical (unpaired) electrons. The summed E-state index contributed by atoms with van der Waals surface area (Å²) >= 11 is 1.60. The van der Waals surface area contributed by atoms with Crippen LogP contribution in [0.4, 0.5) is 0 Å². The maximum absolute atomic E-state index is 11.9. The van der Waals surface area contributed by atoms with Gasteiger partial charge in [0.1, 0.15) is 5.75 Å². The third-order valence-corrected chi connectivity index (χ3v) is 5.22. The van der Waals surface area contributed by atoms with E-state index in [0.29, 0.717) is 11.5 Å². The fraction of sp³-hybridized carbons (Fsp3) is 0.273. The highest BCUT2D eigenvalue weighted by Gasteiger charge is 2.13. The first-order valence-corrected chi connectivity index (χ1v) is 10.5. The molecule has 0 spiro atoms. The second-order valence-corrected chi connectivity index (χ2v) is 7.34. The zero-order valence-corrected chi connectivity index (χ0v) is 17.0. The van der Waals surface area contributed by atoms with E-state index in [0.717, 1.165) is 41.2 Å². The zero-order chi connectivity index (χ0) is 19.8. The van der Waals surface area contributed by atoms with Gasteiger partial charge in [0.25, 0.3) is 0 Å². The minimum atomic E-state index is 0.0771. The number of nitrogens with one attached hydrogen (secondary N) is 1. The van der Waals surface area contributed by atoms with Crippen molar-refractivity contribution in [1.29, 1.82) is 0 Å². The number of hydrogen-bond acceptors (Lipinski definition) is 4. The summed E-state index contributed by atoms with van der Waals surface area (Å²) < 4.78 is 7.15. The number of thioether (sulfide) groups is 1. The van der Waals surface area contributed by atoms with Crippen molar-refractivity contribution in [1.82, 2.24) is 15.1 Å². The Balaban J connectivity index is 1.81. The summed E-state index contributed by atoms with van der Waals surface area (Å²) in [6.07, 6.45) is 2.99. The predicted octanol–water partition coefficient (Wildman–Crippen LogP) is 4.31. The third-order valence-electron chi connectivity index (χ3n) is 4.24. The average molecular weight is 396 g/mol. The predicted molar refractivity (Wildman–Crippen MR) is 115 cm³/mol. The zero-order valence-electron chi connectivity index (χ0n) is 16.2. The first-order valence-electron chi connectivity index (χ1n) is 9.34. The molecule has 0 bridgehead atoms. The first kappa shape index (κ1) is 20.0. The Morgan fingerprint density at radius 3 is 2.57 bits per heavy atom. The van der Waals surface area contributed by atoms with E-state index < -0.39 is 0 Å². The molecule has 0 fully saturated rings. The van der Waals surface area contributed by atoms with Crippen molar-refractivity contribution in [3.8, 4) is 22.7 Å². The number of ether oxygens (including phenoxy) is 1. The molecule has 0 aliphatic rings. The lowest BCUT2D eigenvalue weighted by atomic mass is 10.1. The van der Waals surface area contributed by atoms with Crippen LogP contribution in [0.15, 0.2) is 60.8 Å².